The Bertz CT molecular complexity index is 2650. The number of hydrogen-bond acceptors (Lipinski definition) is 2. The molecule has 5 heteroatoms. The highest BCUT2D eigenvalue weighted by Gasteiger charge is 2.30. The fourth-order valence-corrected chi connectivity index (χ4v) is 9.13. The Kier molecular flexibility index (Phi) is 12.9. The third-order valence-corrected chi connectivity index (χ3v) is 12.4. The van der Waals surface area contributed by atoms with Gasteiger partial charge in [-0.15, -0.1) is 0 Å². The van der Waals surface area contributed by atoms with Gasteiger partial charge >= 0.3 is 0 Å². The van der Waals surface area contributed by atoms with Crippen LogP contribution in [-0.4, -0.2) is 16.4 Å². The maximum atomic E-state index is 7.90. The molecule has 302 valence electrons. The van der Waals surface area contributed by atoms with E-state index in [4.69, 9.17) is 21.3 Å². The minimum absolute atomic E-state index is 0.0949. The van der Waals surface area contributed by atoms with Gasteiger partial charge in [0, 0.05) is 38.1 Å². The molecular weight excluding hydrogens is 832 g/mol. The third kappa shape index (κ3) is 9.12. The van der Waals surface area contributed by atoms with Crippen LogP contribution in [0.1, 0.15) is 35.4 Å². The SMILES string of the molecule is Cc1cccc(Cl)c1N=C(Cn1c(C)ccc1C)[C@@H](/C=C/C(C)c1ccccc1)Oc1c(-c2ccccc2)c(-c2ccccc2)c(Br)c(-c2ccccc2)c1-c1ccccc1. The standard InChI is InChI=1S/C56H48BrClN2O/c1-38(42-22-10-5-11-23-42)33-36-49(48(37-60-40(3)34-35-41(60)4)59-55-39(2)21-20-32-47(55)58)61-56-52(45-28-16-8-17-29-45)50(43-24-12-6-13-25-43)54(57)51(44-26-14-7-15-27-44)53(56)46-30-18-9-19-31-46/h5-36,38,49H,37H2,1-4H3/b36-33+,59-48?/t38?,49-/m1/s1. The summed E-state index contributed by atoms with van der Waals surface area (Å²) in [6.45, 7) is 9.05. The zero-order valence-corrected chi connectivity index (χ0v) is 37.2. The van der Waals surface area contributed by atoms with Crippen LogP contribution in [0.2, 0.25) is 5.02 Å². The zero-order valence-electron chi connectivity index (χ0n) is 34.9. The average molecular weight is 880 g/mol. The lowest BCUT2D eigenvalue weighted by molar-refractivity contribution is 0.311. The highest BCUT2D eigenvalue weighted by molar-refractivity contribution is 9.10. The smallest absolute Gasteiger partial charge is 0.157 e. The quantitative estimate of drug-likeness (QED) is 0.0837. The van der Waals surface area contributed by atoms with Crippen molar-refractivity contribution in [2.75, 3.05) is 0 Å². The molecule has 0 amide bonds. The molecule has 8 rings (SSSR count). The van der Waals surface area contributed by atoms with Crippen LogP contribution in [-0.2, 0) is 6.54 Å². The molecule has 3 nitrogen and oxygen atoms in total. The van der Waals surface area contributed by atoms with Crippen LogP contribution in [0, 0.1) is 20.8 Å². The molecule has 0 radical (unpaired) electrons. The minimum Gasteiger partial charge on any atom is -0.479 e. The van der Waals surface area contributed by atoms with Crippen LogP contribution in [0.5, 0.6) is 5.75 Å². The Morgan fingerprint density at radius 3 is 1.48 bits per heavy atom. The number of aryl methyl sites for hydroxylation is 3. The van der Waals surface area contributed by atoms with E-state index >= 15 is 0 Å². The van der Waals surface area contributed by atoms with E-state index in [1.54, 1.807) is 0 Å². The fraction of sp³-hybridized carbons (Fsp3) is 0.125. The van der Waals surface area contributed by atoms with Gasteiger partial charge in [-0.25, -0.2) is 4.99 Å². The second-order valence-electron chi connectivity index (χ2n) is 15.4. The van der Waals surface area contributed by atoms with E-state index in [1.807, 2.05) is 12.1 Å². The second-order valence-corrected chi connectivity index (χ2v) is 16.6. The second kappa shape index (κ2) is 19.0. The van der Waals surface area contributed by atoms with E-state index in [9.17, 15) is 0 Å². The van der Waals surface area contributed by atoms with Gasteiger partial charge in [0.25, 0.3) is 0 Å². The molecule has 0 aliphatic carbocycles. The summed E-state index contributed by atoms with van der Waals surface area (Å²) in [4.78, 5) is 5.52. The molecule has 0 fully saturated rings. The Balaban J connectivity index is 1.49. The number of aromatic nitrogens is 1. The van der Waals surface area contributed by atoms with Crippen molar-refractivity contribution >= 4 is 38.9 Å². The van der Waals surface area contributed by atoms with E-state index in [1.165, 1.54) is 5.56 Å². The summed E-state index contributed by atoms with van der Waals surface area (Å²) in [5, 5.41) is 0.593. The fourth-order valence-electron chi connectivity index (χ4n) is 8.02. The van der Waals surface area contributed by atoms with Gasteiger partial charge in [0.1, 0.15) is 5.75 Å². The highest BCUT2D eigenvalue weighted by Crippen LogP contribution is 2.55. The van der Waals surface area contributed by atoms with Gasteiger partial charge in [-0.3, -0.25) is 0 Å². The number of hydrogen-bond donors (Lipinski definition) is 0. The Morgan fingerprint density at radius 1 is 0.574 bits per heavy atom. The molecule has 1 heterocycles. The first-order valence-corrected chi connectivity index (χ1v) is 21.9. The summed E-state index contributed by atoms with van der Waals surface area (Å²) >= 11 is 11.3. The van der Waals surface area contributed by atoms with Crippen molar-refractivity contribution in [3.8, 4) is 50.3 Å². The molecule has 0 saturated carbocycles. The Hall–Kier alpha value is -6.20. The number of allylic oxidation sites excluding steroid dienone is 1. The van der Waals surface area contributed by atoms with E-state index in [-0.39, 0.29) is 5.92 Å². The van der Waals surface area contributed by atoms with Gasteiger partial charge in [0.15, 0.2) is 6.10 Å². The summed E-state index contributed by atoms with van der Waals surface area (Å²) in [5.41, 5.74) is 14.3. The minimum atomic E-state index is -0.638. The van der Waals surface area contributed by atoms with Crippen molar-refractivity contribution in [3.05, 3.63) is 226 Å². The lowest BCUT2D eigenvalue weighted by Crippen LogP contribution is -2.30. The van der Waals surface area contributed by atoms with E-state index in [2.05, 4.69) is 230 Å². The lowest BCUT2D eigenvalue weighted by Gasteiger charge is -2.29. The van der Waals surface area contributed by atoms with Gasteiger partial charge in [0.05, 0.1) is 23.0 Å². The number of nitrogens with zero attached hydrogens (tertiary/aromatic N) is 2. The summed E-state index contributed by atoms with van der Waals surface area (Å²) in [6.07, 6.45) is 3.82. The topological polar surface area (TPSA) is 26.5 Å². The van der Waals surface area contributed by atoms with Crippen LogP contribution < -0.4 is 4.74 Å². The summed E-state index contributed by atoms with van der Waals surface area (Å²) in [7, 11) is 0. The van der Waals surface area contributed by atoms with Crippen LogP contribution in [0.4, 0.5) is 5.69 Å². The zero-order chi connectivity index (χ0) is 42.3. The van der Waals surface area contributed by atoms with Crippen molar-refractivity contribution in [1.82, 2.24) is 4.57 Å². The molecule has 0 N–H and O–H groups in total. The lowest BCUT2D eigenvalue weighted by atomic mass is 9.84. The van der Waals surface area contributed by atoms with E-state index in [0.717, 1.165) is 83.1 Å². The molecule has 0 spiro atoms. The molecule has 0 aliphatic rings. The number of aliphatic imine (C=N–C) groups is 1. The largest absolute Gasteiger partial charge is 0.479 e. The van der Waals surface area contributed by atoms with Gasteiger partial charge in [0.2, 0.25) is 0 Å². The molecule has 0 aliphatic heterocycles. The monoisotopic (exact) mass is 878 g/mol. The van der Waals surface area contributed by atoms with E-state index in [0.29, 0.717) is 11.6 Å². The van der Waals surface area contributed by atoms with Gasteiger partial charge in [-0.1, -0.05) is 188 Å². The van der Waals surface area contributed by atoms with Gasteiger partial charge < -0.3 is 9.30 Å². The molecule has 1 aromatic heterocycles. The van der Waals surface area contributed by atoms with Crippen LogP contribution in [0.3, 0.4) is 0 Å². The number of halogens is 2. The molecule has 61 heavy (non-hydrogen) atoms. The normalized spacial score (nSPS) is 12.7. The third-order valence-electron chi connectivity index (χ3n) is 11.3. The van der Waals surface area contributed by atoms with Gasteiger partial charge in [-0.2, -0.15) is 0 Å². The van der Waals surface area contributed by atoms with Crippen molar-refractivity contribution in [2.45, 2.75) is 46.3 Å². The summed E-state index contributed by atoms with van der Waals surface area (Å²) < 4.78 is 11.2. The maximum Gasteiger partial charge on any atom is 0.157 e. The Labute approximate surface area is 373 Å². The van der Waals surface area contributed by atoms with E-state index < -0.39 is 6.10 Å². The summed E-state index contributed by atoms with van der Waals surface area (Å²) in [6, 6.07) is 63.3. The number of benzene rings is 7. The molecule has 1 unspecified atom stereocenters. The van der Waals surface area contributed by atoms with Crippen molar-refractivity contribution in [2.24, 2.45) is 4.99 Å². The molecule has 0 saturated heterocycles. The molecule has 0 bridgehead atoms. The predicted molar refractivity (Wildman–Crippen MR) is 261 cm³/mol. The molecule has 7 aromatic carbocycles. The molecular formula is C56H48BrClN2O. The first-order valence-electron chi connectivity index (χ1n) is 20.7. The Morgan fingerprint density at radius 2 is 1.02 bits per heavy atom. The van der Waals surface area contributed by atoms with Crippen molar-refractivity contribution < 1.29 is 4.74 Å². The van der Waals surface area contributed by atoms with Crippen LogP contribution in [0.25, 0.3) is 44.5 Å². The van der Waals surface area contributed by atoms with Crippen molar-refractivity contribution in [3.63, 3.8) is 0 Å². The maximum absolute atomic E-state index is 7.90. The number of para-hydroxylation sites is 1. The van der Waals surface area contributed by atoms with Crippen LogP contribution in [0.15, 0.2) is 204 Å². The first kappa shape index (κ1) is 41.5. The molecule has 2 atom stereocenters. The van der Waals surface area contributed by atoms with Gasteiger partial charge in [-0.05, 0) is 100 Å². The average Bonchev–Trinajstić information content (AvgIpc) is 3.62. The van der Waals surface area contributed by atoms with Crippen LogP contribution >= 0.6 is 27.5 Å². The number of ether oxygens (including phenoxy) is 1. The predicted octanol–water partition coefficient (Wildman–Crippen LogP) is 16.1. The first-order chi connectivity index (χ1) is 29.8. The van der Waals surface area contributed by atoms with Crippen molar-refractivity contribution in [1.29, 1.82) is 0 Å². The molecule has 8 aromatic rings. The highest BCUT2D eigenvalue weighted by atomic mass is 79.9. The summed E-state index contributed by atoms with van der Waals surface area (Å²) in [5.74, 6) is 0.849. The number of rotatable bonds is 13.